The molecule has 1 fully saturated rings. The Kier molecular flexibility index (Phi) is 5.31. The lowest BCUT2D eigenvalue weighted by Crippen LogP contribution is -2.47. The molecule has 10 heteroatoms. The maximum Gasteiger partial charge on any atom is 0.410 e. The molecule has 2 aliphatic heterocycles. The van der Waals surface area contributed by atoms with Gasteiger partial charge in [-0.25, -0.2) is 4.68 Å². The van der Waals surface area contributed by atoms with Crippen molar-refractivity contribution in [2.24, 2.45) is 0 Å². The molecule has 0 bridgehead atoms. The van der Waals surface area contributed by atoms with E-state index in [-0.39, 0.29) is 35.0 Å². The van der Waals surface area contributed by atoms with Crippen LogP contribution in [0.3, 0.4) is 0 Å². The summed E-state index contributed by atoms with van der Waals surface area (Å²) in [4.78, 5) is 15.7. The predicted molar refractivity (Wildman–Crippen MR) is 107 cm³/mol. The SMILES string of the molecule is C[C@@H]1CCC[C@H](C)N1C(=O)c1nn2c(c1Cl)N[C@H](c1cccs1)C[C@@H]2C(F)(F)F. The molecular formula is C19H22ClF3N4OS. The monoisotopic (exact) mass is 446 g/mol. The fourth-order valence-electron chi connectivity index (χ4n) is 4.35. The number of piperidine rings is 1. The summed E-state index contributed by atoms with van der Waals surface area (Å²) in [5.74, 6) is -0.355. The molecule has 2 aromatic heterocycles. The summed E-state index contributed by atoms with van der Waals surface area (Å²) >= 11 is 7.82. The molecule has 1 saturated heterocycles. The van der Waals surface area contributed by atoms with Crippen molar-refractivity contribution in [3.8, 4) is 0 Å². The van der Waals surface area contributed by atoms with Crippen LogP contribution in [0, 0.1) is 0 Å². The summed E-state index contributed by atoms with van der Waals surface area (Å²) in [5.41, 5.74) is -0.115. The molecule has 4 atom stereocenters. The van der Waals surface area contributed by atoms with E-state index < -0.39 is 24.2 Å². The zero-order valence-corrected chi connectivity index (χ0v) is 17.6. The molecule has 0 aliphatic carbocycles. The number of nitrogens with one attached hydrogen (secondary N) is 1. The normalized spacial score (nSPS) is 27.4. The lowest BCUT2D eigenvalue weighted by Gasteiger charge is -2.38. The van der Waals surface area contributed by atoms with E-state index in [0.717, 1.165) is 28.8 Å². The van der Waals surface area contributed by atoms with Crippen LogP contribution < -0.4 is 5.32 Å². The number of carbonyl (C=O) groups is 1. The van der Waals surface area contributed by atoms with Crippen LogP contribution in [0.15, 0.2) is 17.5 Å². The van der Waals surface area contributed by atoms with Crippen LogP contribution in [0.2, 0.25) is 5.02 Å². The first-order chi connectivity index (χ1) is 13.7. The van der Waals surface area contributed by atoms with Crippen molar-refractivity contribution in [1.82, 2.24) is 14.7 Å². The molecule has 0 spiro atoms. The molecule has 2 aliphatic rings. The average molecular weight is 447 g/mol. The molecule has 0 radical (unpaired) electrons. The molecule has 4 heterocycles. The van der Waals surface area contributed by atoms with Crippen LogP contribution in [-0.2, 0) is 0 Å². The van der Waals surface area contributed by atoms with Gasteiger partial charge in [0.15, 0.2) is 11.7 Å². The number of fused-ring (bicyclic) bond motifs is 1. The van der Waals surface area contributed by atoms with Gasteiger partial charge in [0.05, 0.1) is 6.04 Å². The molecule has 5 nitrogen and oxygen atoms in total. The smallest absolute Gasteiger partial charge is 0.361 e. The zero-order valence-electron chi connectivity index (χ0n) is 16.0. The van der Waals surface area contributed by atoms with E-state index in [0.29, 0.717) is 0 Å². The molecular weight excluding hydrogens is 425 g/mol. The van der Waals surface area contributed by atoms with E-state index in [1.165, 1.54) is 11.3 Å². The van der Waals surface area contributed by atoms with Gasteiger partial charge >= 0.3 is 6.18 Å². The minimum Gasteiger partial charge on any atom is -0.361 e. The first-order valence-electron chi connectivity index (χ1n) is 9.65. The van der Waals surface area contributed by atoms with Crippen molar-refractivity contribution in [2.75, 3.05) is 5.32 Å². The standard InChI is InChI=1S/C19H22ClF3N4OS/c1-10-5-3-6-11(2)26(10)18(28)16-15(20)17-24-12(13-7-4-8-29-13)9-14(19(21,22)23)27(17)25-16/h4,7-8,10-12,14,24H,3,5-6,9H2,1-2H3/t10-,11+,12-,14+/m0/s1. The van der Waals surface area contributed by atoms with Gasteiger partial charge in [-0.1, -0.05) is 17.7 Å². The van der Waals surface area contributed by atoms with Crippen LogP contribution in [0.4, 0.5) is 19.0 Å². The first kappa shape index (κ1) is 20.5. The second-order valence-electron chi connectivity index (χ2n) is 7.80. The highest BCUT2D eigenvalue weighted by Gasteiger charge is 2.48. The summed E-state index contributed by atoms with van der Waals surface area (Å²) in [7, 11) is 0. The molecule has 0 saturated carbocycles. The van der Waals surface area contributed by atoms with Gasteiger partial charge in [-0.15, -0.1) is 11.3 Å². The van der Waals surface area contributed by atoms with Crippen LogP contribution in [0.5, 0.6) is 0 Å². The van der Waals surface area contributed by atoms with Gasteiger partial charge in [0, 0.05) is 23.4 Å². The Morgan fingerprint density at radius 2 is 2.00 bits per heavy atom. The number of amides is 1. The highest BCUT2D eigenvalue weighted by atomic mass is 35.5. The molecule has 0 aromatic carbocycles. The molecule has 29 heavy (non-hydrogen) atoms. The third kappa shape index (κ3) is 3.63. The molecule has 158 valence electrons. The Morgan fingerprint density at radius 1 is 1.31 bits per heavy atom. The summed E-state index contributed by atoms with van der Waals surface area (Å²) in [6.45, 7) is 3.89. The Morgan fingerprint density at radius 3 is 2.59 bits per heavy atom. The Hall–Kier alpha value is -1.74. The third-order valence-corrected chi connectivity index (χ3v) is 7.16. The first-order valence-corrected chi connectivity index (χ1v) is 10.9. The molecule has 4 rings (SSSR count). The molecule has 1 N–H and O–H groups in total. The van der Waals surface area contributed by atoms with Crippen LogP contribution in [-0.4, -0.2) is 38.8 Å². The Bertz CT molecular complexity index is 888. The minimum absolute atomic E-state index is 0.00807. The average Bonchev–Trinajstić information content (AvgIpc) is 3.28. The number of carbonyl (C=O) groups excluding carboxylic acids is 1. The fraction of sp³-hybridized carbons (Fsp3) is 0.579. The van der Waals surface area contributed by atoms with E-state index in [9.17, 15) is 18.0 Å². The van der Waals surface area contributed by atoms with Crippen molar-refractivity contribution in [1.29, 1.82) is 0 Å². The summed E-state index contributed by atoms with van der Waals surface area (Å²) in [6.07, 6.45) is -2.00. The van der Waals surface area contributed by atoms with E-state index in [2.05, 4.69) is 10.4 Å². The summed E-state index contributed by atoms with van der Waals surface area (Å²) in [6, 6.07) is 1.18. The van der Waals surface area contributed by atoms with Crippen LogP contribution in [0.25, 0.3) is 0 Å². The fourth-order valence-corrected chi connectivity index (χ4v) is 5.40. The van der Waals surface area contributed by atoms with Gasteiger partial charge in [0.1, 0.15) is 10.8 Å². The molecule has 1 amide bonds. The highest BCUT2D eigenvalue weighted by Crippen LogP contribution is 2.47. The second-order valence-corrected chi connectivity index (χ2v) is 9.16. The number of halogens is 4. The van der Waals surface area contributed by atoms with Gasteiger partial charge in [0.2, 0.25) is 0 Å². The number of hydrogen-bond acceptors (Lipinski definition) is 4. The highest BCUT2D eigenvalue weighted by molar-refractivity contribution is 7.10. The Labute approximate surface area is 175 Å². The number of rotatable bonds is 2. The largest absolute Gasteiger partial charge is 0.410 e. The number of nitrogens with zero attached hydrogens (tertiary/aromatic N) is 3. The third-order valence-electron chi connectivity index (χ3n) is 5.81. The van der Waals surface area contributed by atoms with E-state index in [1.54, 1.807) is 17.0 Å². The van der Waals surface area contributed by atoms with Crippen molar-refractivity contribution in [3.05, 3.63) is 33.1 Å². The van der Waals surface area contributed by atoms with Crippen molar-refractivity contribution in [2.45, 2.75) is 69.9 Å². The maximum atomic E-state index is 13.8. The van der Waals surface area contributed by atoms with Crippen LogP contribution in [0.1, 0.15) is 67.0 Å². The van der Waals surface area contributed by atoms with Crippen molar-refractivity contribution < 1.29 is 18.0 Å². The van der Waals surface area contributed by atoms with E-state index >= 15 is 0 Å². The van der Waals surface area contributed by atoms with Crippen molar-refractivity contribution in [3.63, 3.8) is 0 Å². The van der Waals surface area contributed by atoms with E-state index in [4.69, 9.17) is 11.6 Å². The van der Waals surface area contributed by atoms with Gasteiger partial charge in [0.25, 0.3) is 5.91 Å². The quantitative estimate of drug-likeness (QED) is 0.647. The van der Waals surface area contributed by atoms with E-state index in [1.807, 2.05) is 19.2 Å². The van der Waals surface area contributed by atoms with Crippen molar-refractivity contribution >= 4 is 34.7 Å². The molecule has 0 unspecified atom stereocenters. The number of alkyl halides is 3. The van der Waals surface area contributed by atoms with Gasteiger partial charge < -0.3 is 10.2 Å². The zero-order chi connectivity index (χ0) is 20.9. The lowest BCUT2D eigenvalue weighted by molar-refractivity contribution is -0.173. The Balaban J connectivity index is 1.74. The minimum atomic E-state index is -4.51. The maximum absolute atomic E-state index is 13.8. The molecule has 2 aromatic rings. The summed E-state index contributed by atoms with van der Waals surface area (Å²) in [5, 5.41) is 8.93. The summed E-state index contributed by atoms with van der Waals surface area (Å²) < 4.78 is 42.3. The van der Waals surface area contributed by atoms with Gasteiger partial charge in [-0.3, -0.25) is 4.79 Å². The second kappa shape index (κ2) is 7.50. The number of likely N-dealkylation sites (tertiary alicyclic amines) is 1. The van der Waals surface area contributed by atoms with Crippen LogP contribution >= 0.6 is 22.9 Å². The van der Waals surface area contributed by atoms with Gasteiger partial charge in [-0.2, -0.15) is 18.3 Å². The number of thiophene rings is 1. The number of anilines is 1. The van der Waals surface area contributed by atoms with Gasteiger partial charge in [-0.05, 0) is 44.6 Å². The lowest BCUT2D eigenvalue weighted by atomic mass is 9.97. The number of aromatic nitrogens is 2. The predicted octanol–water partition coefficient (Wildman–Crippen LogP) is 5.66. The topological polar surface area (TPSA) is 50.2 Å². The number of hydrogen-bond donors (Lipinski definition) is 1.